The van der Waals surface area contributed by atoms with Crippen LogP contribution in [-0.4, -0.2) is 26.4 Å². The second kappa shape index (κ2) is 6.84. The van der Waals surface area contributed by atoms with Crippen LogP contribution in [0.15, 0.2) is 66.6 Å². The molecule has 0 spiro atoms. The fourth-order valence-corrected chi connectivity index (χ4v) is 6.16. The Morgan fingerprint density at radius 3 is 1.77 bits per heavy atom. The van der Waals surface area contributed by atoms with Gasteiger partial charge in [0.15, 0.2) is 0 Å². The van der Waals surface area contributed by atoms with E-state index in [0.717, 1.165) is 0 Å². The van der Waals surface area contributed by atoms with Gasteiger partial charge in [0, 0.05) is 0 Å². The van der Waals surface area contributed by atoms with Crippen LogP contribution in [0.5, 0.6) is 0 Å². The highest BCUT2D eigenvalue weighted by Crippen LogP contribution is 2.38. The lowest BCUT2D eigenvalue weighted by Crippen LogP contribution is -2.43. The summed E-state index contributed by atoms with van der Waals surface area (Å²) in [6.45, 7) is 13.2. The van der Waals surface area contributed by atoms with Crippen molar-refractivity contribution < 1.29 is 9.31 Å². The Morgan fingerprint density at radius 1 is 0.808 bits per heavy atom. The van der Waals surface area contributed by atoms with Crippen molar-refractivity contribution >= 4 is 25.6 Å². The lowest BCUT2D eigenvalue weighted by molar-refractivity contribution is 0.00578. The molecule has 0 N–H and O–H groups in total. The van der Waals surface area contributed by atoms with Crippen LogP contribution >= 0.6 is 0 Å². The van der Waals surface area contributed by atoms with Crippen molar-refractivity contribution in [1.29, 1.82) is 0 Å². The first kappa shape index (κ1) is 19.2. The standard InChI is InChI=1S/C22H29BO2Si/c1-21(2)22(3,4)25-23(24-21)17-20(18-13-9-7-10-14-18)26(5,6)19-15-11-8-12-16-19/h7-17H,1-6H3/b20-17-. The third-order valence-corrected chi connectivity index (χ3v) is 9.41. The zero-order chi connectivity index (χ0) is 19.0. The smallest absolute Gasteiger partial charge is 0.400 e. The Bertz CT molecular complexity index is 766. The summed E-state index contributed by atoms with van der Waals surface area (Å²) < 4.78 is 12.5. The van der Waals surface area contributed by atoms with Crippen molar-refractivity contribution in [2.75, 3.05) is 0 Å². The molecule has 1 fully saturated rings. The summed E-state index contributed by atoms with van der Waals surface area (Å²) in [6, 6.07) is 21.5. The molecular formula is C22H29BO2Si. The summed E-state index contributed by atoms with van der Waals surface area (Å²) in [6.07, 6.45) is 0. The van der Waals surface area contributed by atoms with Gasteiger partial charge >= 0.3 is 7.12 Å². The van der Waals surface area contributed by atoms with E-state index in [4.69, 9.17) is 9.31 Å². The molecule has 1 aliphatic rings. The minimum Gasteiger partial charge on any atom is -0.400 e. The molecule has 26 heavy (non-hydrogen) atoms. The molecule has 0 amide bonds. The molecular weight excluding hydrogens is 335 g/mol. The highest BCUT2D eigenvalue weighted by molar-refractivity contribution is 7.05. The number of rotatable bonds is 4. The molecule has 0 aliphatic carbocycles. The fraction of sp³-hybridized carbons (Fsp3) is 0.364. The molecule has 2 aromatic rings. The Labute approximate surface area is 159 Å². The summed E-state index contributed by atoms with van der Waals surface area (Å²) in [4.78, 5) is 0. The van der Waals surface area contributed by atoms with E-state index in [9.17, 15) is 0 Å². The molecule has 4 heteroatoms. The largest absolute Gasteiger partial charge is 0.487 e. The van der Waals surface area contributed by atoms with Gasteiger partial charge in [-0.25, -0.2) is 0 Å². The number of hydrogen-bond acceptors (Lipinski definition) is 2. The third kappa shape index (κ3) is 3.59. The summed E-state index contributed by atoms with van der Waals surface area (Å²) in [5, 5.41) is 2.76. The molecule has 0 unspecified atom stereocenters. The molecule has 1 saturated heterocycles. The van der Waals surface area contributed by atoms with E-state index in [-0.39, 0.29) is 18.3 Å². The second-order valence-electron chi connectivity index (χ2n) is 8.56. The molecule has 3 rings (SSSR count). The van der Waals surface area contributed by atoms with Gasteiger partial charge < -0.3 is 9.31 Å². The molecule has 136 valence electrons. The van der Waals surface area contributed by atoms with Crippen LogP contribution in [0, 0.1) is 0 Å². The van der Waals surface area contributed by atoms with Crippen molar-refractivity contribution in [2.45, 2.75) is 52.0 Å². The Balaban J connectivity index is 2.06. The van der Waals surface area contributed by atoms with Gasteiger partial charge in [-0.2, -0.15) is 0 Å². The summed E-state index contributed by atoms with van der Waals surface area (Å²) >= 11 is 0. The molecule has 0 aromatic heterocycles. The van der Waals surface area contributed by atoms with Gasteiger partial charge in [0.2, 0.25) is 0 Å². The first-order valence-electron chi connectivity index (χ1n) is 9.32. The fourth-order valence-electron chi connectivity index (χ4n) is 3.39. The van der Waals surface area contributed by atoms with Crippen molar-refractivity contribution in [3.05, 3.63) is 72.2 Å². The molecule has 2 nitrogen and oxygen atoms in total. The molecule has 2 aromatic carbocycles. The van der Waals surface area contributed by atoms with Crippen LogP contribution in [0.3, 0.4) is 0 Å². The maximum Gasteiger partial charge on any atom is 0.487 e. The van der Waals surface area contributed by atoms with Crippen LogP contribution < -0.4 is 5.19 Å². The van der Waals surface area contributed by atoms with Gasteiger partial charge in [-0.05, 0) is 33.3 Å². The quantitative estimate of drug-likeness (QED) is 0.722. The Morgan fingerprint density at radius 2 is 1.27 bits per heavy atom. The number of benzene rings is 2. The Hall–Kier alpha value is -1.62. The lowest BCUT2D eigenvalue weighted by atomic mass is 9.89. The highest BCUT2D eigenvalue weighted by atomic mass is 28.3. The summed E-state index contributed by atoms with van der Waals surface area (Å²) in [5.41, 5.74) is 0.603. The minimum absolute atomic E-state index is 0.325. The van der Waals surface area contributed by atoms with E-state index in [1.807, 2.05) is 0 Å². The third-order valence-electron chi connectivity index (χ3n) is 5.83. The zero-order valence-electron chi connectivity index (χ0n) is 16.7. The maximum absolute atomic E-state index is 6.27. The maximum atomic E-state index is 6.27. The lowest BCUT2D eigenvalue weighted by Gasteiger charge is -2.32. The van der Waals surface area contributed by atoms with Crippen LogP contribution in [0.1, 0.15) is 33.3 Å². The van der Waals surface area contributed by atoms with Crippen LogP contribution in [0.25, 0.3) is 5.20 Å². The van der Waals surface area contributed by atoms with E-state index in [1.165, 1.54) is 15.9 Å². The SMILES string of the molecule is CC1(C)OB(/C=C(/c2ccccc2)[Si](C)(C)c2ccccc2)OC1(C)C. The van der Waals surface area contributed by atoms with Gasteiger partial charge in [0.05, 0.1) is 11.2 Å². The van der Waals surface area contributed by atoms with E-state index < -0.39 is 8.07 Å². The van der Waals surface area contributed by atoms with E-state index in [0.29, 0.717) is 0 Å². The predicted octanol–water partition coefficient (Wildman–Crippen LogP) is 4.86. The van der Waals surface area contributed by atoms with Gasteiger partial charge in [-0.3, -0.25) is 0 Å². The molecule has 0 atom stereocenters. The van der Waals surface area contributed by atoms with E-state index >= 15 is 0 Å². The first-order chi connectivity index (χ1) is 12.1. The highest BCUT2D eigenvalue weighted by Gasteiger charge is 2.50. The normalized spacial score (nSPS) is 19.6. The molecule has 0 radical (unpaired) electrons. The molecule has 0 bridgehead atoms. The van der Waals surface area contributed by atoms with Crippen molar-refractivity contribution in [3.63, 3.8) is 0 Å². The van der Waals surface area contributed by atoms with Crippen molar-refractivity contribution in [2.24, 2.45) is 0 Å². The van der Waals surface area contributed by atoms with E-state index in [2.05, 4.69) is 107 Å². The van der Waals surface area contributed by atoms with Crippen molar-refractivity contribution in [1.82, 2.24) is 0 Å². The second-order valence-corrected chi connectivity index (χ2v) is 12.9. The zero-order valence-corrected chi connectivity index (χ0v) is 17.7. The topological polar surface area (TPSA) is 18.5 Å². The Kier molecular flexibility index (Phi) is 5.04. The first-order valence-corrected chi connectivity index (χ1v) is 12.3. The summed E-state index contributed by atoms with van der Waals surface area (Å²) in [7, 11) is -2.24. The molecule has 1 aliphatic heterocycles. The van der Waals surface area contributed by atoms with E-state index in [1.54, 1.807) is 0 Å². The monoisotopic (exact) mass is 364 g/mol. The van der Waals surface area contributed by atoms with Crippen LogP contribution in [0.4, 0.5) is 0 Å². The number of hydrogen-bond donors (Lipinski definition) is 0. The van der Waals surface area contributed by atoms with Gasteiger partial charge in [0.25, 0.3) is 0 Å². The minimum atomic E-state index is -1.91. The van der Waals surface area contributed by atoms with Gasteiger partial charge in [-0.15, -0.1) is 0 Å². The molecule has 0 saturated carbocycles. The molecule has 1 heterocycles. The average Bonchev–Trinajstić information content (AvgIpc) is 2.81. The van der Waals surface area contributed by atoms with Gasteiger partial charge in [-0.1, -0.05) is 90.1 Å². The average molecular weight is 364 g/mol. The van der Waals surface area contributed by atoms with Crippen LogP contribution in [-0.2, 0) is 9.31 Å². The van der Waals surface area contributed by atoms with Crippen LogP contribution in [0.2, 0.25) is 13.1 Å². The summed E-state index contributed by atoms with van der Waals surface area (Å²) in [5.74, 6) is 2.21. The van der Waals surface area contributed by atoms with Crippen molar-refractivity contribution in [3.8, 4) is 0 Å². The predicted molar refractivity (Wildman–Crippen MR) is 114 cm³/mol. The van der Waals surface area contributed by atoms with Gasteiger partial charge in [0.1, 0.15) is 8.07 Å².